The Balaban J connectivity index is 2.97. The van der Waals surface area contributed by atoms with Gasteiger partial charge in [0, 0.05) is 23.1 Å². The second-order valence-electron chi connectivity index (χ2n) is 3.97. The Morgan fingerprint density at radius 2 is 2.33 bits per heavy atom. The number of pyridine rings is 1. The summed E-state index contributed by atoms with van der Waals surface area (Å²) >= 11 is 1.51. The minimum Gasteiger partial charge on any atom is -0.395 e. The number of anilines is 1. The van der Waals surface area contributed by atoms with Crippen molar-refractivity contribution in [2.45, 2.75) is 25.1 Å². The number of aliphatic hydroxyl groups excluding tert-OH is 1. The van der Waals surface area contributed by atoms with Crippen molar-refractivity contribution in [3.8, 4) is 0 Å². The summed E-state index contributed by atoms with van der Waals surface area (Å²) in [6.07, 6.45) is 3.42. The first kappa shape index (κ1) is 14.7. The minimum absolute atomic E-state index is 0.00888. The average molecular weight is 271 g/mol. The van der Waals surface area contributed by atoms with Crippen LogP contribution < -0.4 is 5.32 Å². The third kappa shape index (κ3) is 3.33. The zero-order valence-electron chi connectivity index (χ0n) is 10.6. The summed E-state index contributed by atoms with van der Waals surface area (Å²) in [6.45, 7) is 3.55. The zero-order valence-corrected chi connectivity index (χ0v) is 11.4. The maximum atomic E-state index is 11.0. The molecule has 2 atom stereocenters. The van der Waals surface area contributed by atoms with Gasteiger partial charge in [0.1, 0.15) is 0 Å². The fourth-order valence-electron chi connectivity index (χ4n) is 1.63. The molecule has 0 saturated carbocycles. The molecule has 1 heterocycles. The van der Waals surface area contributed by atoms with Crippen molar-refractivity contribution in [1.82, 2.24) is 4.98 Å². The Labute approximate surface area is 110 Å². The molecule has 0 fully saturated rings. The molecule has 0 spiro atoms. The van der Waals surface area contributed by atoms with Crippen LogP contribution in [0.2, 0.25) is 0 Å². The van der Waals surface area contributed by atoms with Crippen LogP contribution >= 0.6 is 11.8 Å². The molecule has 100 valence electrons. The number of aryl methyl sites for hydroxylation is 1. The maximum absolute atomic E-state index is 11.0. The fraction of sp³-hybridized carbons (Fsp3) is 0.545. The second kappa shape index (κ2) is 6.55. The minimum atomic E-state index is -0.440. The average Bonchev–Trinajstić information content (AvgIpc) is 2.30. The highest BCUT2D eigenvalue weighted by Crippen LogP contribution is 2.27. The molecular weight excluding hydrogens is 254 g/mol. The van der Waals surface area contributed by atoms with E-state index in [1.54, 1.807) is 13.0 Å². The third-order valence-electron chi connectivity index (χ3n) is 2.71. The van der Waals surface area contributed by atoms with Gasteiger partial charge in [-0.05, 0) is 26.2 Å². The van der Waals surface area contributed by atoms with E-state index in [9.17, 15) is 15.2 Å². The SMILES string of the molecule is CSC(CO)C(C)Nc1nccc(C)c1[N+](=O)[O-]. The van der Waals surface area contributed by atoms with E-state index in [0.717, 1.165) is 0 Å². The summed E-state index contributed by atoms with van der Waals surface area (Å²) in [5, 5.41) is 23.2. The van der Waals surface area contributed by atoms with Gasteiger partial charge in [-0.2, -0.15) is 11.8 Å². The molecule has 0 aliphatic rings. The largest absolute Gasteiger partial charge is 0.395 e. The molecule has 6 nitrogen and oxygen atoms in total. The van der Waals surface area contributed by atoms with Crippen LogP contribution in [0, 0.1) is 17.0 Å². The lowest BCUT2D eigenvalue weighted by Crippen LogP contribution is -2.31. The number of nitrogens with zero attached hydrogens (tertiary/aromatic N) is 2. The van der Waals surface area contributed by atoms with E-state index in [0.29, 0.717) is 5.56 Å². The summed E-state index contributed by atoms with van der Waals surface area (Å²) in [5.74, 6) is 0.250. The molecule has 2 unspecified atom stereocenters. The summed E-state index contributed by atoms with van der Waals surface area (Å²) < 4.78 is 0. The lowest BCUT2D eigenvalue weighted by Gasteiger charge is -2.21. The van der Waals surface area contributed by atoms with Gasteiger partial charge in [-0.15, -0.1) is 0 Å². The van der Waals surface area contributed by atoms with E-state index in [1.807, 2.05) is 13.2 Å². The number of rotatable bonds is 6. The number of nitrogens with one attached hydrogen (secondary N) is 1. The van der Waals surface area contributed by atoms with E-state index < -0.39 is 4.92 Å². The van der Waals surface area contributed by atoms with Gasteiger partial charge in [0.2, 0.25) is 5.82 Å². The predicted molar refractivity (Wildman–Crippen MR) is 73.1 cm³/mol. The summed E-state index contributed by atoms with van der Waals surface area (Å²) in [5.41, 5.74) is 0.552. The van der Waals surface area contributed by atoms with E-state index in [2.05, 4.69) is 10.3 Å². The van der Waals surface area contributed by atoms with Crippen molar-refractivity contribution in [1.29, 1.82) is 0 Å². The number of aromatic nitrogens is 1. The van der Waals surface area contributed by atoms with Crippen LogP contribution in [-0.2, 0) is 0 Å². The molecular formula is C11H17N3O3S. The van der Waals surface area contributed by atoms with Gasteiger partial charge in [-0.1, -0.05) is 0 Å². The summed E-state index contributed by atoms with van der Waals surface area (Å²) in [6, 6.07) is 1.49. The van der Waals surface area contributed by atoms with Crippen LogP contribution in [0.25, 0.3) is 0 Å². The normalized spacial score (nSPS) is 14.0. The number of hydrogen-bond acceptors (Lipinski definition) is 6. The van der Waals surface area contributed by atoms with Gasteiger partial charge in [-0.25, -0.2) is 4.98 Å². The summed E-state index contributed by atoms with van der Waals surface area (Å²) in [4.78, 5) is 14.6. The summed E-state index contributed by atoms with van der Waals surface area (Å²) in [7, 11) is 0. The standard InChI is InChI=1S/C11H17N3O3S/c1-7-4-5-12-11(10(7)14(16)17)13-8(2)9(6-15)18-3/h4-5,8-9,15H,6H2,1-3H3,(H,12,13). The molecule has 0 aliphatic carbocycles. The van der Waals surface area contributed by atoms with Gasteiger partial charge >= 0.3 is 5.69 Å². The molecule has 0 amide bonds. The quantitative estimate of drug-likeness (QED) is 0.606. The Morgan fingerprint density at radius 1 is 1.67 bits per heavy atom. The molecule has 2 N–H and O–H groups in total. The van der Waals surface area contributed by atoms with E-state index in [1.165, 1.54) is 18.0 Å². The van der Waals surface area contributed by atoms with Gasteiger partial charge in [0.25, 0.3) is 0 Å². The first-order valence-electron chi connectivity index (χ1n) is 5.51. The Morgan fingerprint density at radius 3 is 2.83 bits per heavy atom. The second-order valence-corrected chi connectivity index (χ2v) is 5.05. The molecule has 1 aromatic rings. The van der Waals surface area contributed by atoms with Crippen LogP contribution in [0.4, 0.5) is 11.5 Å². The number of nitro groups is 1. The Hall–Kier alpha value is -1.34. The van der Waals surface area contributed by atoms with Crippen LogP contribution in [0.3, 0.4) is 0 Å². The molecule has 7 heteroatoms. The molecule has 0 aromatic carbocycles. The van der Waals surface area contributed by atoms with Crippen molar-refractivity contribution >= 4 is 23.3 Å². The Bertz CT molecular complexity index is 424. The highest BCUT2D eigenvalue weighted by molar-refractivity contribution is 7.99. The predicted octanol–water partition coefficient (Wildman–Crippen LogP) is 1.82. The first-order chi connectivity index (χ1) is 8.51. The fourth-order valence-corrected chi connectivity index (χ4v) is 2.26. The van der Waals surface area contributed by atoms with Crippen molar-refractivity contribution in [3.63, 3.8) is 0 Å². The molecule has 1 aromatic heterocycles. The molecule has 0 bridgehead atoms. The van der Waals surface area contributed by atoms with Gasteiger partial charge < -0.3 is 10.4 Å². The maximum Gasteiger partial charge on any atom is 0.314 e. The first-order valence-corrected chi connectivity index (χ1v) is 6.80. The van der Waals surface area contributed by atoms with Crippen LogP contribution in [0.15, 0.2) is 12.3 Å². The van der Waals surface area contributed by atoms with Crippen LogP contribution in [0.1, 0.15) is 12.5 Å². The molecule has 0 aliphatic heterocycles. The number of aliphatic hydroxyl groups is 1. The third-order valence-corrected chi connectivity index (χ3v) is 3.88. The molecule has 1 rings (SSSR count). The highest BCUT2D eigenvalue weighted by Gasteiger charge is 2.22. The van der Waals surface area contributed by atoms with Crippen molar-refractivity contribution in [3.05, 3.63) is 27.9 Å². The van der Waals surface area contributed by atoms with Crippen LogP contribution in [-0.4, -0.2) is 39.2 Å². The monoisotopic (exact) mass is 271 g/mol. The van der Waals surface area contributed by atoms with Crippen molar-refractivity contribution < 1.29 is 10.0 Å². The number of thioether (sulfide) groups is 1. The molecule has 0 radical (unpaired) electrons. The lowest BCUT2D eigenvalue weighted by atomic mass is 10.2. The van der Waals surface area contributed by atoms with Crippen LogP contribution in [0.5, 0.6) is 0 Å². The van der Waals surface area contributed by atoms with Gasteiger partial charge in [0.15, 0.2) is 0 Å². The molecule has 0 saturated heterocycles. The van der Waals surface area contributed by atoms with E-state index in [4.69, 9.17) is 0 Å². The van der Waals surface area contributed by atoms with Crippen molar-refractivity contribution in [2.75, 3.05) is 18.2 Å². The van der Waals surface area contributed by atoms with Crippen molar-refractivity contribution in [2.24, 2.45) is 0 Å². The van der Waals surface area contributed by atoms with Gasteiger partial charge in [0.05, 0.1) is 11.5 Å². The zero-order chi connectivity index (χ0) is 13.7. The Kier molecular flexibility index (Phi) is 5.36. The highest BCUT2D eigenvalue weighted by atomic mass is 32.2. The topological polar surface area (TPSA) is 88.3 Å². The van der Waals surface area contributed by atoms with E-state index >= 15 is 0 Å². The lowest BCUT2D eigenvalue weighted by molar-refractivity contribution is -0.384. The van der Waals surface area contributed by atoms with Gasteiger partial charge in [-0.3, -0.25) is 10.1 Å². The smallest absolute Gasteiger partial charge is 0.314 e. The number of hydrogen-bond donors (Lipinski definition) is 2. The van der Waals surface area contributed by atoms with E-state index in [-0.39, 0.29) is 29.4 Å². The molecule has 18 heavy (non-hydrogen) atoms.